The molecule has 0 N–H and O–H groups in total. The summed E-state index contributed by atoms with van der Waals surface area (Å²) in [5.74, 6) is 0.756. The standard InChI is InChI=1S/C18H22N4O/c1-3-21(4-2)18(23)15-12-17(20-13-19-15)22-11-7-9-14-8-5-6-10-16(14)22/h5-6,8,10,12-13H,3-4,7,9,11H2,1-2H3. The summed E-state index contributed by atoms with van der Waals surface area (Å²) < 4.78 is 0. The van der Waals surface area contributed by atoms with E-state index in [2.05, 4.69) is 33.1 Å². The topological polar surface area (TPSA) is 49.3 Å². The third-order valence-electron chi connectivity index (χ3n) is 4.31. The zero-order chi connectivity index (χ0) is 16.2. The number of hydrogen-bond donors (Lipinski definition) is 0. The molecule has 2 heterocycles. The van der Waals surface area contributed by atoms with Crippen LogP contribution in [0.25, 0.3) is 0 Å². The second-order valence-corrected chi connectivity index (χ2v) is 5.62. The molecule has 0 saturated heterocycles. The van der Waals surface area contributed by atoms with Crippen LogP contribution in [0.1, 0.15) is 36.3 Å². The van der Waals surface area contributed by atoms with Crippen LogP contribution < -0.4 is 4.90 Å². The Morgan fingerprint density at radius 3 is 2.78 bits per heavy atom. The molecule has 0 bridgehead atoms. The maximum atomic E-state index is 12.5. The van der Waals surface area contributed by atoms with Crippen molar-refractivity contribution in [2.45, 2.75) is 26.7 Å². The summed E-state index contributed by atoms with van der Waals surface area (Å²) in [5.41, 5.74) is 2.97. The van der Waals surface area contributed by atoms with Crippen LogP contribution in [0.4, 0.5) is 11.5 Å². The molecule has 2 aromatic rings. The maximum Gasteiger partial charge on any atom is 0.272 e. The molecule has 1 aromatic carbocycles. The number of benzene rings is 1. The highest BCUT2D eigenvalue weighted by Crippen LogP contribution is 2.32. The zero-order valence-electron chi connectivity index (χ0n) is 13.7. The van der Waals surface area contributed by atoms with Gasteiger partial charge in [0.15, 0.2) is 0 Å². The van der Waals surface area contributed by atoms with Crippen LogP contribution in [-0.4, -0.2) is 40.4 Å². The van der Waals surface area contributed by atoms with E-state index in [1.54, 1.807) is 4.90 Å². The van der Waals surface area contributed by atoms with Gasteiger partial charge in [0.2, 0.25) is 0 Å². The second-order valence-electron chi connectivity index (χ2n) is 5.62. The Morgan fingerprint density at radius 2 is 2.00 bits per heavy atom. The summed E-state index contributed by atoms with van der Waals surface area (Å²) >= 11 is 0. The van der Waals surface area contributed by atoms with Gasteiger partial charge in [-0.15, -0.1) is 0 Å². The van der Waals surface area contributed by atoms with Crippen molar-refractivity contribution in [2.75, 3.05) is 24.5 Å². The fraction of sp³-hybridized carbons (Fsp3) is 0.389. The number of carbonyl (C=O) groups is 1. The molecule has 0 fully saturated rings. The molecule has 3 rings (SSSR count). The van der Waals surface area contributed by atoms with Crippen LogP contribution in [-0.2, 0) is 6.42 Å². The number of amides is 1. The van der Waals surface area contributed by atoms with Crippen LogP contribution in [0.15, 0.2) is 36.7 Å². The van der Waals surface area contributed by atoms with Crippen molar-refractivity contribution in [1.82, 2.24) is 14.9 Å². The molecule has 1 aliphatic rings. The lowest BCUT2D eigenvalue weighted by atomic mass is 10.0. The summed E-state index contributed by atoms with van der Waals surface area (Å²) in [6.45, 7) is 6.23. The maximum absolute atomic E-state index is 12.5. The average Bonchev–Trinajstić information content (AvgIpc) is 2.62. The number of rotatable bonds is 4. The minimum Gasteiger partial charge on any atom is -0.338 e. The van der Waals surface area contributed by atoms with E-state index >= 15 is 0 Å². The van der Waals surface area contributed by atoms with Gasteiger partial charge in [0.1, 0.15) is 17.8 Å². The number of anilines is 2. The van der Waals surface area contributed by atoms with Gasteiger partial charge in [0, 0.05) is 31.4 Å². The number of fused-ring (bicyclic) bond motifs is 1. The van der Waals surface area contributed by atoms with Crippen LogP contribution in [0.5, 0.6) is 0 Å². The average molecular weight is 310 g/mol. The van der Waals surface area contributed by atoms with Gasteiger partial charge in [-0.3, -0.25) is 4.79 Å². The van der Waals surface area contributed by atoms with Crippen LogP contribution in [0, 0.1) is 0 Å². The molecule has 0 saturated carbocycles. The highest BCUT2D eigenvalue weighted by Gasteiger charge is 2.21. The van der Waals surface area contributed by atoms with Gasteiger partial charge in [-0.1, -0.05) is 18.2 Å². The molecule has 5 heteroatoms. The molecule has 120 valence electrons. The van der Waals surface area contributed by atoms with Crippen LogP contribution in [0.2, 0.25) is 0 Å². The Balaban J connectivity index is 1.94. The SMILES string of the molecule is CCN(CC)C(=O)c1cc(N2CCCc3ccccc32)ncn1. The Hall–Kier alpha value is -2.43. The first kappa shape index (κ1) is 15.5. The largest absolute Gasteiger partial charge is 0.338 e. The van der Waals surface area contributed by atoms with Crippen LogP contribution in [0.3, 0.4) is 0 Å². The fourth-order valence-corrected chi connectivity index (χ4v) is 3.06. The first-order valence-electron chi connectivity index (χ1n) is 8.21. The minimum atomic E-state index is -0.0380. The summed E-state index contributed by atoms with van der Waals surface area (Å²) in [6.07, 6.45) is 3.66. The summed E-state index contributed by atoms with van der Waals surface area (Å²) in [5, 5.41) is 0. The normalized spacial score (nSPS) is 13.6. The van der Waals surface area contributed by atoms with E-state index in [1.165, 1.54) is 17.6 Å². The van der Waals surface area contributed by atoms with Crippen molar-refractivity contribution in [2.24, 2.45) is 0 Å². The number of aryl methyl sites for hydroxylation is 1. The molecule has 1 aliphatic heterocycles. The van der Waals surface area contributed by atoms with Gasteiger partial charge >= 0.3 is 0 Å². The molecule has 5 nitrogen and oxygen atoms in total. The van der Waals surface area contributed by atoms with Crippen molar-refractivity contribution in [3.05, 3.63) is 47.9 Å². The number of nitrogens with zero attached hydrogens (tertiary/aromatic N) is 4. The van der Waals surface area contributed by atoms with Gasteiger partial charge in [-0.25, -0.2) is 9.97 Å². The molecular weight excluding hydrogens is 288 g/mol. The Morgan fingerprint density at radius 1 is 1.22 bits per heavy atom. The van der Waals surface area contributed by atoms with E-state index in [-0.39, 0.29) is 5.91 Å². The van der Waals surface area contributed by atoms with Gasteiger partial charge in [-0.2, -0.15) is 0 Å². The predicted molar refractivity (Wildman–Crippen MR) is 91.1 cm³/mol. The van der Waals surface area contributed by atoms with E-state index in [0.29, 0.717) is 18.8 Å². The number of aromatic nitrogens is 2. The van der Waals surface area contributed by atoms with Crippen molar-refractivity contribution in [1.29, 1.82) is 0 Å². The molecule has 0 aliphatic carbocycles. The van der Waals surface area contributed by atoms with E-state index < -0.39 is 0 Å². The summed E-state index contributed by atoms with van der Waals surface area (Å²) in [4.78, 5) is 25.0. The van der Waals surface area contributed by atoms with Gasteiger partial charge < -0.3 is 9.80 Å². The van der Waals surface area contributed by atoms with E-state index in [4.69, 9.17) is 0 Å². The first-order chi connectivity index (χ1) is 11.2. The van der Waals surface area contributed by atoms with E-state index in [9.17, 15) is 4.79 Å². The first-order valence-corrected chi connectivity index (χ1v) is 8.21. The Bertz CT molecular complexity index is 697. The Labute approximate surface area is 137 Å². The van der Waals surface area contributed by atoms with Gasteiger partial charge in [-0.05, 0) is 38.3 Å². The van der Waals surface area contributed by atoms with Crippen molar-refractivity contribution >= 4 is 17.4 Å². The molecule has 0 atom stereocenters. The molecule has 0 spiro atoms. The molecule has 0 unspecified atom stereocenters. The fourth-order valence-electron chi connectivity index (χ4n) is 3.06. The number of carbonyl (C=O) groups excluding carboxylic acids is 1. The van der Waals surface area contributed by atoms with Crippen molar-refractivity contribution in [3.8, 4) is 0 Å². The van der Waals surface area contributed by atoms with E-state index in [1.807, 2.05) is 26.0 Å². The summed E-state index contributed by atoms with van der Waals surface area (Å²) in [6, 6.07) is 10.2. The van der Waals surface area contributed by atoms with E-state index in [0.717, 1.165) is 25.2 Å². The van der Waals surface area contributed by atoms with Crippen molar-refractivity contribution < 1.29 is 4.79 Å². The van der Waals surface area contributed by atoms with Gasteiger partial charge in [0.05, 0.1) is 0 Å². The van der Waals surface area contributed by atoms with Gasteiger partial charge in [0.25, 0.3) is 5.91 Å². The van der Waals surface area contributed by atoms with Crippen molar-refractivity contribution in [3.63, 3.8) is 0 Å². The van der Waals surface area contributed by atoms with Crippen LogP contribution >= 0.6 is 0 Å². The molecule has 23 heavy (non-hydrogen) atoms. The summed E-state index contributed by atoms with van der Waals surface area (Å²) in [7, 11) is 0. The quantitative estimate of drug-likeness (QED) is 0.871. The highest BCUT2D eigenvalue weighted by atomic mass is 16.2. The molecular formula is C18H22N4O. The lowest BCUT2D eigenvalue weighted by Crippen LogP contribution is -2.31. The zero-order valence-corrected chi connectivity index (χ0v) is 13.7. The Kier molecular flexibility index (Phi) is 4.55. The molecule has 1 aromatic heterocycles. The lowest BCUT2D eigenvalue weighted by molar-refractivity contribution is 0.0767. The molecule has 1 amide bonds. The smallest absolute Gasteiger partial charge is 0.272 e. The molecule has 0 radical (unpaired) electrons. The monoisotopic (exact) mass is 310 g/mol. The highest BCUT2D eigenvalue weighted by molar-refractivity contribution is 5.93. The number of hydrogen-bond acceptors (Lipinski definition) is 4. The third kappa shape index (κ3) is 3.04. The number of para-hydroxylation sites is 1. The third-order valence-corrected chi connectivity index (χ3v) is 4.31. The predicted octanol–water partition coefficient (Wildman–Crippen LogP) is 3.04. The minimum absolute atomic E-state index is 0.0380. The lowest BCUT2D eigenvalue weighted by Gasteiger charge is -2.30. The second kappa shape index (κ2) is 6.77.